The van der Waals surface area contributed by atoms with E-state index in [0.717, 1.165) is 11.0 Å². The van der Waals surface area contributed by atoms with Crippen LogP contribution in [0, 0.1) is 0 Å². The number of aromatic nitrogens is 1. The first-order chi connectivity index (χ1) is 6.81. The third kappa shape index (κ3) is 1.70. The molecule has 0 spiro atoms. The highest BCUT2D eigenvalue weighted by atomic mass is 79.9. The van der Waals surface area contributed by atoms with Gasteiger partial charge >= 0.3 is 0 Å². The molecule has 1 aromatic carbocycles. The van der Waals surface area contributed by atoms with Gasteiger partial charge in [-0.25, -0.2) is 0 Å². The van der Waals surface area contributed by atoms with Crippen molar-refractivity contribution in [2.45, 2.75) is 6.54 Å². The maximum absolute atomic E-state index is 3.75. The molecule has 0 amide bonds. The van der Waals surface area contributed by atoms with E-state index in [1.807, 2.05) is 6.08 Å². The number of pyridine rings is 1. The summed E-state index contributed by atoms with van der Waals surface area (Å²) < 4.78 is 3.29. The fourth-order valence-corrected chi connectivity index (χ4v) is 1.93. The molecule has 1 heterocycles. The Balaban J connectivity index is 2.68. The van der Waals surface area contributed by atoms with Crippen LogP contribution in [0.1, 0.15) is 0 Å². The van der Waals surface area contributed by atoms with Gasteiger partial charge in [-0.05, 0) is 24.3 Å². The second kappa shape index (κ2) is 3.93. The van der Waals surface area contributed by atoms with Crippen LogP contribution < -0.4 is 4.57 Å². The molecule has 0 atom stereocenters. The fraction of sp³-hybridized carbons (Fsp3) is 0.0833. The summed E-state index contributed by atoms with van der Waals surface area (Å²) >= 11 is 3.47. The minimum absolute atomic E-state index is 0.846. The second-order valence-electron chi connectivity index (χ2n) is 3.15. The van der Waals surface area contributed by atoms with Crippen LogP contribution in [-0.2, 0) is 6.54 Å². The van der Waals surface area contributed by atoms with Crippen LogP contribution >= 0.6 is 15.9 Å². The Morgan fingerprint density at radius 1 is 1.36 bits per heavy atom. The van der Waals surface area contributed by atoms with E-state index >= 15 is 0 Å². The smallest absolute Gasteiger partial charge is 0.195 e. The van der Waals surface area contributed by atoms with Crippen molar-refractivity contribution in [2.24, 2.45) is 0 Å². The summed E-state index contributed by atoms with van der Waals surface area (Å²) in [6.45, 7) is 4.60. The molecule has 14 heavy (non-hydrogen) atoms. The molecule has 2 heteroatoms. The largest absolute Gasteiger partial charge is 0.212 e. The van der Waals surface area contributed by atoms with Crippen LogP contribution in [0.3, 0.4) is 0 Å². The first kappa shape index (κ1) is 9.41. The summed E-state index contributed by atoms with van der Waals surface area (Å²) in [5.74, 6) is 0. The minimum Gasteiger partial charge on any atom is -0.195 e. The van der Waals surface area contributed by atoms with Gasteiger partial charge in [0.2, 0.25) is 5.52 Å². The summed E-state index contributed by atoms with van der Waals surface area (Å²) in [6, 6.07) is 10.5. The molecular weight excluding hydrogens is 238 g/mol. The molecule has 0 unspecified atom stereocenters. The average Bonchev–Trinajstić information content (AvgIpc) is 2.18. The molecule has 1 aromatic heterocycles. The normalized spacial score (nSPS) is 10.4. The summed E-state index contributed by atoms with van der Waals surface area (Å²) in [5, 5.41) is 1.24. The third-order valence-corrected chi connectivity index (χ3v) is 2.66. The zero-order chi connectivity index (χ0) is 9.97. The Bertz CT molecular complexity index is 477. The molecule has 0 aliphatic rings. The number of allylic oxidation sites excluding steroid dienone is 1. The molecule has 0 fully saturated rings. The number of hydrogen-bond acceptors (Lipinski definition) is 0. The molecule has 0 aliphatic carbocycles. The lowest BCUT2D eigenvalue weighted by molar-refractivity contribution is -0.660. The van der Waals surface area contributed by atoms with Crippen LogP contribution in [0.25, 0.3) is 10.9 Å². The van der Waals surface area contributed by atoms with E-state index in [1.165, 1.54) is 10.9 Å². The number of nitrogens with zero attached hydrogens (tertiary/aromatic N) is 1. The zero-order valence-electron chi connectivity index (χ0n) is 7.78. The highest BCUT2D eigenvalue weighted by molar-refractivity contribution is 9.10. The quantitative estimate of drug-likeness (QED) is 0.568. The first-order valence-electron chi connectivity index (χ1n) is 4.50. The van der Waals surface area contributed by atoms with Crippen molar-refractivity contribution >= 4 is 26.8 Å². The van der Waals surface area contributed by atoms with Crippen LogP contribution in [0.5, 0.6) is 0 Å². The van der Waals surface area contributed by atoms with E-state index in [2.05, 4.69) is 63.6 Å². The summed E-state index contributed by atoms with van der Waals surface area (Å²) in [5.41, 5.74) is 1.23. The molecule has 0 N–H and O–H groups in total. The van der Waals surface area contributed by atoms with Crippen molar-refractivity contribution in [3.63, 3.8) is 0 Å². The van der Waals surface area contributed by atoms with Gasteiger partial charge in [-0.2, -0.15) is 4.57 Å². The van der Waals surface area contributed by atoms with Crippen molar-refractivity contribution in [2.75, 3.05) is 0 Å². The number of benzene rings is 1. The number of fused-ring (bicyclic) bond motifs is 1. The van der Waals surface area contributed by atoms with Gasteiger partial charge in [-0.15, -0.1) is 0 Å². The van der Waals surface area contributed by atoms with Crippen LogP contribution in [0.2, 0.25) is 0 Å². The Labute approximate surface area is 91.8 Å². The summed E-state index contributed by atoms with van der Waals surface area (Å²) in [4.78, 5) is 0. The molecule has 1 nitrogen and oxygen atoms in total. The molecule has 2 aromatic rings. The monoisotopic (exact) mass is 248 g/mol. The Kier molecular flexibility index (Phi) is 2.64. The van der Waals surface area contributed by atoms with Crippen molar-refractivity contribution < 1.29 is 4.57 Å². The van der Waals surface area contributed by atoms with Crippen molar-refractivity contribution in [3.05, 3.63) is 53.7 Å². The standard InChI is InChI=1S/C12H11BrN/c1-2-7-14-8-3-4-10-9-11(13)5-6-12(10)14/h2-6,8-9H,1,7H2/q+1. The van der Waals surface area contributed by atoms with Crippen LogP contribution in [0.15, 0.2) is 53.7 Å². The van der Waals surface area contributed by atoms with Crippen molar-refractivity contribution in [1.29, 1.82) is 0 Å². The molecular formula is C12H11BrN+. The van der Waals surface area contributed by atoms with Gasteiger partial charge in [0.25, 0.3) is 0 Å². The van der Waals surface area contributed by atoms with Crippen LogP contribution in [0.4, 0.5) is 0 Å². The molecule has 70 valence electrons. The van der Waals surface area contributed by atoms with Gasteiger partial charge in [0, 0.05) is 22.0 Å². The Morgan fingerprint density at radius 2 is 2.21 bits per heavy atom. The molecule has 0 aliphatic heterocycles. The first-order valence-corrected chi connectivity index (χ1v) is 5.29. The predicted molar refractivity (Wildman–Crippen MR) is 62.0 cm³/mol. The van der Waals surface area contributed by atoms with Gasteiger partial charge in [0.15, 0.2) is 12.7 Å². The fourth-order valence-electron chi connectivity index (χ4n) is 1.55. The highest BCUT2D eigenvalue weighted by Crippen LogP contribution is 2.16. The average molecular weight is 249 g/mol. The molecule has 2 rings (SSSR count). The van der Waals surface area contributed by atoms with E-state index in [-0.39, 0.29) is 0 Å². The van der Waals surface area contributed by atoms with Gasteiger partial charge in [0.1, 0.15) is 0 Å². The van der Waals surface area contributed by atoms with Gasteiger partial charge in [-0.1, -0.05) is 22.5 Å². The Morgan fingerprint density at radius 3 is 3.00 bits per heavy atom. The Hall–Kier alpha value is -1.15. The minimum atomic E-state index is 0.846. The van der Waals surface area contributed by atoms with Gasteiger partial charge in [0.05, 0.1) is 0 Å². The SMILES string of the molecule is C=CC[n+]1cccc2cc(Br)ccc21. The predicted octanol–water partition coefficient (Wildman–Crippen LogP) is 3.08. The summed E-state index contributed by atoms with van der Waals surface area (Å²) in [6.07, 6.45) is 3.97. The van der Waals surface area contributed by atoms with Crippen molar-refractivity contribution in [3.8, 4) is 0 Å². The van der Waals surface area contributed by atoms with Gasteiger partial charge in [-0.3, -0.25) is 0 Å². The second-order valence-corrected chi connectivity index (χ2v) is 4.07. The third-order valence-electron chi connectivity index (χ3n) is 2.17. The van der Waals surface area contributed by atoms with E-state index < -0.39 is 0 Å². The van der Waals surface area contributed by atoms with E-state index in [1.54, 1.807) is 0 Å². The number of rotatable bonds is 2. The molecule has 0 saturated heterocycles. The number of halogens is 1. The molecule has 0 bridgehead atoms. The molecule has 0 saturated carbocycles. The van der Waals surface area contributed by atoms with Gasteiger partial charge < -0.3 is 0 Å². The lowest BCUT2D eigenvalue weighted by Gasteiger charge is -1.98. The topological polar surface area (TPSA) is 3.88 Å². The maximum atomic E-state index is 3.75. The molecule has 0 radical (unpaired) electrons. The van der Waals surface area contributed by atoms with E-state index in [9.17, 15) is 0 Å². The zero-order valence-corrected chi connectivity index (χ0v) is 9.37. The lowest BCUT2D eigenvalue weighted by atomic mass is 10.2. The highest BCUT2D eigenvalue weighted by Gasteiger charge is 2.05. The van der Waals surface area contributed by atoms with E-state index in [0.29, 0.717) is 0 Å². The maximum Gasteiger partial charge on any atom is 0.212 e. The van der Waals surface area contributed by atoms with E-state index in [4.69, 9.17) is 0 Å². The summed E-state index contributed by atoms with van der Waals surface area (Å²) in [7, 11) is 0. The number of hydrogen-bond donors (Lipinski definition) is 0. The van der Waals surface area contributed by atoms with Crippen molar-refractivity contribution in [1.82, 2.24) is 0 Å². The van der Waals surface area contributed by atoms with Crippen LogP contribution in [-0.4, -0.2) is 0 Å². The lowest BCUT2D eigenvalue weighted by Crippen LogP contribution is -2.32.